The smallest absolute Gasteiger partial charge is 0.328 e. The lowest BCUT2D eigenvalue weighted by atomic mass is 9.83. The Morgan fingerprint density at radius 3 is 1.87 bits per heavy atom. The van der Waals surface area contributed by atoms with Gasteiger partial charge in [0.05, 0.1) is 25.2 Å². The van der Waals surface area contributed by atoms with Crippen molar-refractivity contribution in [1.82, 2.24) is 41.7 Å². The molecule has 0 radical (unpaired) electrons. The number of hydrogen-bond donors (Lipinski definition) is 6. The van der Waals surface area contributed by atoms with Crippen LogP contribution in [0.2, 0.25) is 0 Å². The number of carbonyl (C=O) groups excluding carboxylic acids is 7. The number of aryl methyl sites for hydroxylation is 1. The fraction of sp³-hybridized carbons (Fsp3) is 0.545. The number of nitrogens with zero attached hydrogens (tertiary/aromatic N) is 2. The highest BCUT2D eigenvalue weighted by Crippen LogP contribution is 2.38. The van der Waals surface area contributed by atoms with E-state index in [1.807, 2.05) is 108 Å². The minimum atomic E-state index is -1.07. The fourth-order valence-corrected chi connectivity index (χ4v) is 9.94. The van der Waals surface area contributed by atoms with Crippen LogP contribution in [0, 0.1) is 10.8 Å². The first-order valence-electron chi connectivity index (χ1n) is 25.0. The molecule has 3 aliphatic rings. The number of methoxy groups -OCH3 is 1. The minimum Gasteiger partial charge on any atom is -0.467 e. The van der Waals surface area contributed by atoms with Crippen LogP contribution in [0.3, 0.4) is 0 Å². The van der Waals surface area contributed by atoms with Gasteiger partial charge >= 0.3 is 5.97 Å². The highest BCUT2D eigenvalue weighted by molar-refractivity contribution is 5.96. The van der Waals surface area contributed by atoms with E-state index < -0.39 is 70.9 Å². The highest BCUT2D eigenvalue weighted by Gasteiger charge is 2.47. The Labute approximate surface area is 419 Å². The molecule has 9 atom stereocenters. The molecule has 0 saturated carbocycles. The number of rotatable bonds is 16. The van der Waals surface area contributed by atoms with Crippen LogP contribution in [-0.4, -0.2) is 121 Å². The van der Waals surface area contributed by atoms with E-state index in [2.05, 4.69) is 38.0 Å². The number of ether oxygens (including phenoxy) is 1. The van der Waals surface area contributed by atoms with Gasteiger partial charge in [0.25, 0.3) is 0 Å². The van der Waals surface area contributed by atoms with Crippen molar-refractivity contribution < 1.29 is 38.3 Å². The number of fused-ring (bicyclic) bond motifs is 2. The minimum absolute atomic E-state index is 0.00610. The number of carbonyl (C=O) groups is 7. The monoisotopic (exact) mass is 977 g/mol. The summed E-state index contributed by atoms with van der Waals surface area (Å²) in [4.78, 5) is 102. The molecule has 0 bridgehead atoms. The summed E-state index contributed by atoms with van der Waals surface area (Å²) in [6.07, 6.45) is 3.16. The fourth-order valence-electron chi connectivity index (χ4n) is 9.94. The number of amides is 6. The van der Waals surface area contributed by atoms with E-state index in [4.69, 9.17) is 4.74 Å². The van der Waals surface area contributed by atoms with E-state index in [1.165, 1.54) is 17.6 Å². The summed E-state index contributed by atoms with van der Waals surface area (Å²) in [5.74, 6) is -3.31. The van der Waals surface area contributed by atoms with Gasteiger partial charge in [-0.25, -0.2) is 4.79 Å². The molecule has 1 fully saturated rings. The van der Waals surface area contributed by atoms with Gasteiger partial charge < -0.3 is 46.4 Å². The van der Waals surface area contributed by atoms with Crippen molar-refractivity contribution >= 4 is 41.4 Å². The number of hydrogen-bond acceptors (Lipinski definition) is 10. The first-order valence-corrected chi connectivity index (χ1v) is 25.0. The molecular weight excluding hydrogens is 901 g/mol. The van der Waals surface area contributed by atoms with Gasteiger partial charge in [-0.05, 0) is 97.8 Å². The van der Waals surface area contributed by atoms with Gasteiger partial charge in [0.15, 0.2) is 0 Å². The first kappa shape index (κ1) is 54.2. The van der Waals surface area contributed by atoms with Crippen LogP contribution in [0.4, 0.5) is 0 Å². The van der Waals surface area contributed by atoms with Gasteiger partial charge in [-0.15, -0.1) is 0 Å². The van der Waals surface area contributed by atoms with Gasteiger partial charge in [0.2, 0.25) is 35.4 Å². The Balaban J connectivity index is 1.36. The van der Waals surface area contributed by atoms with Crippen LogP contribution in [-0.2, 0) is 64.1 Å². The second-order valence-corrected chi connectivity index (χ2v) is 21.7. The SMILES string of the molecule is CN[C@@H](C)C(=O)N[C@H](C(=O)N1Cc2cc([C@H]3C[C@@H](C(=O)N[C@@H]4CCCc5ccccc54)N(C(=O)[C@@H](NC(=O)[C@H](C)NC)C(C)(C)C)C3)ccc2C[C@H]1C(=O)N[C@@H](Cc1ccccc1)C(=O)OC)C(C)(C)C. The summed E-state index contributed by atoms with van der Waals surface area (Å²) in [7, 11) is 4.59. The van der Waals surface area contributed by atoms with Gasteiger partial charge in [0, 0.05) is 31.8 Å². The Bertz CT molecular complexity index is 2430. The molecule has 2 aliphatic heterocycles. The largest absolute Gasteiger partial charge is 0.467 e. The number of nitrogens with one attached hydrogen (secondary N) is 6. The van der Waals surface area contributed by atoms with Crippen molar-refractivity contribution in [2.24, 2.45) is 10.8 Å². The van der Waals surface area contributed by atoms with Crippen molar-refractivity contribution in [3.8, 4) is 0 Å². The lowest BCUT2D eigenvalue weighted by molar-refractivity contribution is -0.149. The van der Waals surface area contributed by atoms with Crippen LogP contribution >= 0.6 is 0 Å². The summed E-state index contributed by atoms with van der Waals surface area (Å²) in [6, 6.07) is 16.9. The molecule has 384 valence electrons. The van der Waals surface area contributed by atoms with Crippen LogP contribution in [0.15, 0.2) is 72.8 Å². The van der Waals surface area contributed by atoms with Gasteiger partial charge in [-0.2, -0.15) is 0 Å². The number of benzene rings is 3. The van der Waals surface area contributed by atoms with Crippen LogP contribution < -0.4 is 31.9 Å². The second kappa shape index (κ2) is 23.0. The lowest BCUT2D eigenvalue weighted by Gasteiger charge is -2.41. The predicted octanol–water partition coefficient (Wildman–Crippen LogP) is 4.00. The van der Waals surface area contributed by atoms with E-state index >= 15 is 4.79 Å². The molecule has 16 heteroatoms. The molecule has 1 saturated heterocycles. The van der Waals surface area contributed by atoms with Crippen molar-refractivity contribution in [3.05, 3.63) is 106 Å². The normalized spacial score (nSPS) is 21.0. The molecule has 0 spiro atoms. The van der Waals surface area contributed by atoms with Crippen LogP contribution in [0.25, 0.3) is 0 Å². The van der Waals surface area contributed by atoms with Crippen LogP contribution in [0.1, 0.15) is 120 Å². The summed E-state index contributed by atoms with van der Waals surface area (Å²) >= 11 is 0. The summed E-state index contributed by atoms with van der Waals surface area (Å²) in [5, 5.41) is 18.0. The van der Waals surface area contributed by atoms with Crippen molar-refractivity contribution in [2.45, 2.75) is 155 Å². The maximum absolute atomic E-state index is 15.1. The third-order valence-electron chi connectivity index (χ3n) is 14.5. The molecule has 1 aliphatic carbocycles. The van der Waals surface area contributed by atoms with E-state index in [1.54, 1.807) is 32.8 Å². The molecular formula is C55H76N8O8. The van der Waals surface area contributed by atoms with Crippen molar-refractivity contribution in [3.63, 3.8) is 0 Å². The molecule has 71 heavy (non-hydrogen) atoms. The molecule has 0 unspecified atom stereocenters. The summed E-state index contributed by atoms with van der Waals surface area (Å²) in [6.45, 7) is 14.8. The average molecular weight is 977 g/mol. The lowest BCUT2D eigenvalue weighted by Crippen LogP contribution is -2.62. The molecule has 0 aromatic heterocycles. The Hall–Kier alpha value is -6.13. The molecule has 16 nitrogen and oxygen atoms in total. The van der Waals surface area contributed by atoms with Crippen molar-refractivity contribution in [2.75, 3.05) is 27.7 Å². The Morgan fingerprint density at radius 2 is 1.28 bits per heavy atom. The topological polar surface area (TPSA) is 207 Å². The summed E-state index contributed by atoms with van der Waals surface area (Å²) in [5.41, 5.74) is 3.99. The molecule has 6 amide bonds. The number of likely N-dealkylation sites (tertiary alicyclic amines) is 1. The van der Waals surface area contributed by atoms with Crippen LogP contribution in [0.5, 0.6) is 0 Å². The van der Waals surface area contributed by atoms with Gasteiger partial charge in [-0.1, -0.05) is 114 Å². The predicted molar refractivity (Wildman–Crippen MR) is 272 cm³/mol. The third kappa shape index (κ3) is 12.9. The van der Waals surface area contributed by atoms with E-state index in [9.17, 15) is 28.8 Å². The second-order valence-electron chi connectivity index (χ2n) is 21.7. The third-order valence-corrected chi connectivity index (χ3v) is 14.5. The van der Waals surface area contributed by atoms with E-state index in [0.717, 1.165) is 47.1 Å². The van der Waals surface area contributed by atoms with Gasteiger partial charge in [-0.3, -0.25) is 28.8 Å². The molecule has 2 heterocycles. The Morgan fingerprint density at radius 1 is 0.690 bits per heavy atom. The Kier molecular flexibility index (Phi) is 17.5. The molecule has 3 aromatic rings. The zero-order valence-electron chi connectivity index (χ0n) is 43.4. The maximum atomic E-state index is 15.1. The molecule has 6 N–H and O–H groups in total. The standard InChI is InChI=1S/C55H76N8O8/c1-32(56-9)47(64)60-45(54(3,4)5)51(68)62-30-38-27-36(24-25-37(38)28-43(62)50(67)59-42(53(70)71-11)26-34-18-13-12-14-19-34)39-29-44(49(66)58-41-23-17-21-35-20-15-16-22-40(35)41)63(31-39)52(69)46(55(6,7)8)61-48(65)33(2)57-10/h12-16,18-20,22,24-25,27,32-33,39,41-46,56-57H,17,21,23,26,28-31H2,1-11H3,(H,58,66)(H,59,67)(H,60,64)(H,61,65)/t32-,33-,39-,41+,42-,43-,44-,45+,46+/m0/s1. The quantitative estimate of drug-likeness (QED) is 0.114. The maximum Gasteiger partial charge on any atom is 0.328 e. The highest BCUT2D eigenvalue weighted by atomic mass is 16.5. The van der Waals surface area contributed by atoms with E-state index in [-0.39, 0.29) is 61.5 Å². The summed E-state index contributed by atoms with van der Waals surface area (Å²) < 4.78 is 5.12. The van der Waals surface area contributed by atoms with Gasteiger partial charge in [0.1, 0.15) is 30.2 Å². The molecule has 6 rings (SSSR count). The number of likely N-dealkylation sites (N-methyl/N-ethyl adjacent to an activating group) is 2. The number of esters is 1. The van der Waals surface area contributed by atoms with E-state index in [0.29, 0.717) is 6.42 Å². The zero-order valence-corrected chi connectivity index (χ0v) is 43.4. The zero-order chi connectivity index (χ0) is 51.9. The molecule has 3 aromatic carbocycles. The first-order chi connectivity index (χ1) is 33.6. The average Bonchev–Trinajstić information content (AvgIpc) is 3.81. The van der Waals surface area contributed by atoms with Crippen molar-refractivity contribution in [1.29, 1.82) is 0 Å².